The van der Waals surface area contributed by atoms with Gasteiger partial charge in [-0.15, -0.1) is 12.4 Å². The van der Waals surface area contributed by atoms with E-state index in [-0.39, 0.29) is 36.7 Å². The molecule has 0 aliphatic heterocycles. The summed E-state index contributed by atoms with van der Waals surface area (Å²) in [6, 6.07) is 2.44. The van der Waals surface area contributed by atoms with Crippen molar-refractivity contribution in [3.8, 4) is 0 Å². The molecule has 0 bridgehead atoms. The minimum atomic E-state index is -0.727. The smallest absolute Gasteiger partial charge is 0.269 e. The number of nitro groups is 1. The highest BCUT2D eigenvalue weighted by Crippen LogP contribution is 2.22. The van der Waals surface area contributed by atoms with Crippen LogP contribution in [0, 0.1) is 15.9 Å². The normalized spacial score (nSPS) is 11.7. The Kier molecular flexibility index (Phi) is 5.87. The van der Waals surface area contributed by atoms with Gasteiger partial charge in [0.1, 0.15) is 5.82 Å². The van der Waals surface area contributed by atoms with Crippen LogP contribution < -0.4 is 5.73 Å². The van der Waals surface area contributed by atoms with Gasteiger partial charge in [0.2, 0.25) is 0 Å². The first-order valence-corrected chi connectivity index (χ1v) is 4.36. The molecule has 1 atom stereocenters. The predicted octanol–water partition coefficient (Wildman–Crippen LogP) is 1.54. The molecular formula is C9H12ClFN2O3. The number of aliphatic hydroxyl groups is 1. The number of aliphatic hydroxyl groups excluding tert-OH is 1. The number of non-ortho nitro benzene ring substituents is 1. The van der Waals surface area contributed by atoms with Gasteiger partial charge in [-0.05, 0) is 12.5 Å². The number of benzene rings is 1. The second kappa shape index (κ2) is 6.37. The van der Waals surface area contributed by atoms with E-state index < -0.39 is 16.8 Å². The zero-order valence-corrected chi connectivity index (χ0v) is 9.11. The lowest BCUT2D eigenvalue weighted by molar-refractivity contribution is -0.385. The molecule has 1 aromatic carbocycles. The first-order valence-electron chi connectivity index (χ1n) is 4.36. The van der Waals surface area contributed by atoms with Crippen LogP contribution in [0.2, 0.25) is 0 Å². The van der Waals surface area contributed by atoms with E-state index in [0.717, 1.165) is 18.2 Å². The lowest BCUT2D eigenvalue weighted by atomic mass is 10.0. The van der Waals surface area contributed by atoms with Crippen molar-refractivity contribution in [2.45, 2.75) is 12.5 Å². The largest absolute Gasteiger partial charge is 0.396 e. The molecule has 0 aliphatic carbocycles. The Balaban J connectivity index is 0.00000225. The van der Waals surface area contributed by atoms with Crippen LogP contribution in [0.5, 0.6) is 0 Å². The second-order valence-electron chi connectivity index (χ2n) is 3.08. The topological polar surface area (TPSA) is 89.4 Å². The molecular weight excluding hydrogens is 239 g/mol. The van der Waals surface area contributed by atoms with Crippen LogP contribution in [0.25, 0.3) is 0 Å². The molecule has 0 aromatic heterocycles. The van der Waals surface area contributed by atoms with Crippen molar-refractivity contribution in [3.63, 3.8) is 0 Å². The van der Waals surface area contributed by atoms with Crippen LogP contribution in [0.3, 0.4) is 0 Å². The molecule has 0 heterocycles. The summed E-state index contributed by atoms with van der Waals surface area (Å²) in [5.74, 6) is -0.596. The zero-order valence-electron chi connectivity index (χ0n) is 8.30. The molecule has 0 unspecified atom stereocenters. The van der Waals surface area contributed by atoms with Gasteiger partial charge < -0.3 is 10.8 Å². The lowest BCUT2D eigenvalue weighted by Gasteiger charge is -2.10. The number of halogens is 2. The van der Waals surface area contributed by atoms with Crippen molar-refractivity contribution in [1.29, 1.82) is 0 Å². The van der Waals surface area contributed by atoms with Gasteiger partial charge in [0, 0.05) is 30.3 Å². The van der Waals surface area contributed by atoms with Crippen LogP contribution in [0.4, 0.5) is 10.1 Å². The number of hydrogen-bond donors (Lipinski definition) is 2. The standard InChI is InChI=1S/C9H11FN2O3.ClH/c10-8-2-1-6(12(14)15)5-7(8)9(11)3-4-13;/h1-2,5,9,13H,3-4,11H2;1H/t9-;/m1./s1. The Hall–Kier alpha value is -1.24. The van der Waals surface area contributed by atoms with E-state index in [1.54, 1.807) is 0 Å². The van der Waals surface area contributed by atoms with Crippen LogP contribution in [-0.4, -0.2) is 16.6 Å². The molecule has 1 rings (SSSR count). The molecule has 0 spiro atoms. The third kappa shape index (κ3) is 3.41. The van der Waals surface area contributed by atoms with Gasteiger partial charge >= 0.3 is 0 Å². The molecule has 7 heteroatoms. The van der Waals surface area contributed by atoms with Gasteiger partial charge in [-0.3, -0.25) is 10.1 Å². The van der Waals surface area contributed by atoms with Crippen LogP contribution >= 0.6 is 12.4 Å². The van der Waals surface area contributed by atoms with Crippen molar-refractivity contribution < 1.29 is 14.4 Å². The van der Waals surface area contributed by atoms with E-state index in [0.29, 0.717) is 0 Å². The third-order valence-electron chi connectivity index (χ3n) is 2.03. The highest BCUT2D eigenvalue weighted by atomic mass is 35.5. The molecule has 5 nitrogen and oxygen atoms in total. The molecule has 1 aromatic rings. The zero-order chi connectivity index (χ0) is 11.4. The minimum absolute atomic E-state index is 0. The number of nitrogens with zero attached hydrogens (tertiary/aromatic N) is 1. The Labute approximate surface area is 97.6 Å². The summed E-state index contributed by atoms with van der Waals surface area (Å²) in [5, 5.41) is 19.1. The maximum Gasteiger partial charge on any atom is 0.269 e. The third-order valence-corrected chi connectivity index (χ3v) is 2.03. The quantitative estimate of drug-likeness (QED) is 0.627. The molecule has 16 heavy (non-hydrogen) atoms. The summed E-state index contributed by atoms with van der Waals surface area (Å²) >= 11 is 0. The fourth-order valence-electron chi connectivity index (χ4n) is 1.22. The summed E-state index contributed by atoms with van der Waals surface area (Å²) < 4.78 is 13.2. The molecule has 90 valence electrons. The van der Waals surface area contributed by atoms with Gasteiger partial charge in [0.15, 0.2) is 0 Å². The molecule has 0 aliphatic rings. The first kappa shape index (κ1) is 14.8. The van der Waals surface area contributed by atoms with Gasteiger partial charge in [-0.25, -0.2) is 4.39 Å². The van der Waals surface area contributed by atoms with Gasteiger partial charge in [-0.2, -0.15) is 0 Å². The van der Waals surface area contributed by atoms with Crippen molar-refractivity contribution in [2.24, 2.45) is 5.73 Å². The lowest BCUT2D eigenvalue weighted by Crippen LogP contribution is -2.14. The van der Waals surface area contributed by atoms with E-state index in [4.69, 9.17) is 10.8 Å². The second-order valence-corrected chi connectivity index (χ2v) is 3.08. The van der Waals surface area contributed by atoms with Crippen molar-refractivity contribution >= 4 is 18.1 Å². The number of nitro benzene ring substituents is 1. The van der Waals surface area contributed by atoms with Crippen molar-refractivity contribution in [3.05, 3.63) is 39.7 Å². The first-order chi connectivity index (χ1) is 7.06. The Morgan fingerprint density at radius 1 is 1.56 bits per heavy atom. The van der Waals surface area contributed by atoms with Crippen LogP contribution in [0.15, 0.2) is 18.2 Å². The Bertz CT molecular complexity index is 376. The van der Waals surface area contributed by atoms with Crippen LogP contribution in [-0.2, 0) is 0 Å². The predicted molar refractivity (Wildman–Crippen MR) is 58.9 cm³/mol. The molecule has 0 radical (unpaired) electrons. The van der Waals surface area contributed by atoms with E-state index in [2.05, 4.69) is 0 Å². The summed E-state index contributed by atoms with van der Waals surface area (Å²) in [5.41, 5.74) is 5.40. The molecule has 0 saturated carbocycles. The molecule has 0 fully saturated rings. The average Bonchev–Trinajstić information content (AvgIpc) is 2.18. The van der Waals surface area contributed by atoms with E-state index in [1.165, 1.54) is 0 Å². The SMILES string of the molecule is Cl.N[C@H](CCO)c1cc([N+](=O)[O-])ccc1F. The summed E-state index contributed by atoms with van der Waals surface area (Å²) in [4.78, 5) is 9.82. The Morgan fingerprint density at radius 2 is 2.19 bits per heavy atom. The fraction of sp³-hybridized carbons (Fsp3) is 0.333. The highest BCUT2D eigenvalue weighted by Gasteiger charge is 2.15. The van der Waals surface area contributed by atoms with Gasteiger partial charge in [0.25, 0.3) is 5.69 Å². The molecule has 3 N–H and O–H groups in total. The number of nitrogens with two attached hydrogens (primary N) is 1. The van der Waals surface area contributed by atoms with Crippen molar-refractivity contribution in [2.75, 3.05) is 6.61 Å². The van der Waals surface area contributed by atoms with Gasteiger partial charge in [-0.1, -0.05) is 0 Å². The number of hydrogen-bond acceptors (Lipinski definition) is 4. The number of rotatable bonds is 4. The van der Waals surface area contributed by atoms with E-state index in [1.807, 2.05) is 0 Å². The monoisotopic (exact) mass is 250 g/mol. The fourth-order valence-corrected chi connectivity index (χ4v) is 1.22. The summed E-state index contributed by atoms with van der Waals surface area (Å²) in [6.45, 7) is -0.191. The van der Waals surface area contributed by atoms with E-state index >= 15 is 0 Å². The minimum Gasteiger partial charge on any atom is -0.396 e. The average molecular weight is 251 g/mol. The Morgan fingerprint density at radius 3 is 2.69 bits per heavy atom. The molecule has 0 amide bonds. The highest BCUT2D eigenvalue weighted by molar-refractivity contribution is 5.85. The van der Waals surface area contributed by atoms with E-state index in [9.17, 15) is 14.5 Å². The summed E-state index contributed by atoms with van der Waals surface area (Å²) in [6.07, 6.45) is 0.165. The maximum atomic E-state index is 13.2. The van der Waals surface area contributed by atoms with Gasteiger partial charge in [0.05, 0.1) is 4.92 Å². The van der Waals surface area contributed by atoms with Crippen LogP contribution in [0.1, 0.15) is 18.0 Å². The van der Waals surface area contributed by atoms with Crippen molar-refractivity contribution in [1.82, 2.24) is 0 Å². The molecule has 0 saturated heterocycles. The maximum absolute atomic E-state index is 13.2. The summed E-state index contributed by atoms with van der Waals surface area (Å²) in [7, 11) is 0.